The van der Waals surface area contributed by atoms with Gasteiger partial charge >= 0.3 is 13.5 Å². The molecule has 0 spiro atoms. The first-order chi connectivity index (χ1) is 9.19. The van der Waals surface area contributed by atoms with Gasteiger partial charge in [0.15, 0.2) is 0 Å². The molecular formula is C11H18BN2O4S. The standard InChI is InChI=1S/C11H18BN2O4S/c1-17-11(16)8-4-7(8)9(12-18-5-13)10(15)14-2-3-19-6-14/h7-9H,2-6,13H2,1H3. The van der Waals surface area contributed by atoms with Crippen molar-refractivity contribution in [1.29, 1.82) is 0 Å². The van der Waals surface area contributed by atoms with E-state index in [1.54, 1.807) is 16.7 Å². The number of amides is 1. The van der Waals surface area contributed by atoms with Crippen molar-refractivity contribution in [3.8, 4) is 0 Å². The van der Waals surface area contributed by atoms with Gasteiger partial charge in [-0.15, -0.1) is 11.8 Å². The van der Waals surface area contributed by atoms with Crippen LogP contribution in [0, 0.1) is 11.8 Å². The Balaban J connectivity index is 1.96. The van der Waals surface area contributed by atoms with Gasteiger partial charge in [-0.1, -0.05) is 0 Å². The van der Waals surface area contributed by atoms with Crippen LogP contribution >= 0.6 is 11.8 Å². The van der Waals surface area contributed by atoms with Gasteiger partial charge < -0.3 is 20.0 Å². The quantitative estimate of drug-likeness (QED) is 0.409. The maximum atomic E-state index is 12.4. The molecule has 0 aromatic heterocycles. The molecule has 1 aliphatic heterocycles. The van der Waals surface area contributed by atoms with E-state index < -0.39 is 5.82 Å². The zero-order valence-corrected chi connectivity index (χ0v) is 11.7. The second kappa shape index (κ2) is 6.63. The van der Waals surface area contributed by atoms with Crippen molar-refractivity contribution in [2.75, 3.05) is 32.0 Å². The summed E-state index contributed by atoms with van der Waals surface area (Å²) in [5, 5.41) is 0. The Morgan fingerprint density at radius 3 is 2.95 bits per heavy atom. The van der Waals surface area contributed by atoms with Crippen LogP contribution in [0.4, 0.5) is 0 Å². The lowest BCUT2D eigenvalue weighted by Crippen LogP contribution is -2.36. The van der Waals surface area contributed by atoms with Crippen LogP contribution < -0.4 is 5.73 Å². The molecule has 0 aromatic rings. The number of hydrogen-bond donors (Lipinski definition) is 1. The molecule has 0 aromatic carbocycles. The summed E-state index contributed by atoms with van der Waals surface area (Å²) in [4.78, 5) is 25.7. The van der Waals surface area contributed by atoms with Crippen LogP contribution in [-0.2, 0) is 19.0 Å². The lowest BCUT2D eigenvalue weighted by molar-refractivity contribution is -0.142. The van der Waals surface area contributed by atoms with Gasteiger partial charge in [-0.2, -0.15) is 0 Å². The average Bonchev–Trinajstić information content (AvgIpc) is 3.01. The number of ether oxygens (including phenoxy) is 1. The van der Waals surface area contributed by atoms with Crippen molar-refractivity contribution < 1.29 is 19.0 Å². The van der Waals surface area contributed by atoms with Gasteiger partial charge in [0, 0.05) is 18.1 Å². The third kappa shape index (κ3) is 3.43. The van der Waals surface area contributed by atoms with Gasteiger partial charge in [-0.05, 0) is 12.3 Å². The number of esters is 1. The fourth-order valence-electron chi connectivity index (χ4n) is 2.33. The Kier molecular flexibility index (Phi) is 5.12. The first-order valence-corrected chi connectivity index (χ1v) is 7.44. The van der Waals surface area contributed by atoms with Gasteiger partial charge in [-0.3, -0.25) is 9.59 Å². The average molecular weight is 285 g/mol. The Labute approximate surface area is 117 Å². The van der Waals surface area contributed by atoms with E-state index in [4.69, 9.17) is 15.1 Å². The van der Waals surface area contributed by atoms with Crippen molar-refractivity contribution in [3.63, 3.8) is 0 Å². The van der Waals surface area contributed by atoms with E-state index in [0.717, 1.165) is 12.3 Å². The molecule has 2 aliphatic rings. The second-order valence-electron chi connectivity index (χ2n) is 4.66. The summed E-state index contributed by atoms with van der Waals surface area (Å²) >= 11 is 1.73. The van der Waals surface area contributed by atoms with Gasteiger partial charge in [0.25, 0.3) is 0 Å². The molecule has 2 fully saturated rings. The fraction of sp³-hybridized carbons (Fsp3) is 0.818. The monoisotopic (exact) mass is 285 g/mol. The SMILES string of the molecule is COC(=O)C1CC1C([B]OCN)C(=O)N1CCSC1. The van der Waals surface area contributed by atoms with Crippen LogP contribution in [0.3, 0.4) is 0 Å². The third-order valence-electron chi connectivity index (χ3n) is 3.49. The molecule has 2 rings (SSSR count). The third-order valence-corrected chi connectivity index (χ3v) is 4.46. The predicted molar refractivity (Wildman–Crippen MR) is 72.3 cm³/mol. The molecule has 1 amide bonds. The van der Waals surface area contributed by atoms with Crippen molar-refractivity contribution in [2.45, 2.75) is 12.2 Å². The summed E-state index contributed by atoms with van der Waals surface area (Å²) in [6, 6.07) is 0. The number of nitrogens with two attached hydrogens (primary N) is 1. The number of carbonyl (C=O) groups excluding carboxylic acids is 2. The van der Waals surface area contributed by atoms with E-state index in [1.165, 1.54) is 14.6 Å². The molecule has 1 heterocycles. The molecular weight excluding hydrogens is 267 g/mol. The highest BCUT2D eigenvalue weighted by molar-refractivity contribution is 7.99. The van der Waals surface area contributed by atoms with Gasteiger partial charge in [-0.25, -0.2) is 0 Å². The Hall–Kier alpha value is -0.725. The van der Waals surface area contributed by atoms with E-state index in [0.29, 0.717) is 12.3 Å². The van der Waals surface area contributed by atoms with Gasteiger partial charge in [0.05, 0.1) is 25.6 Å². The van der Waals surface area contributed by atoms with Crippen molar-refractivity contribution in [2.24, 2.45) is 17.6 Å². The molecule has 1 saturated heterocycles. The smallest absolute Gasteiger partial charge is 0.308 e. The minimum atomic E-state index is -0.397. The predicted octanol–water partition coefficient (Wildman–Crippen LogP) is -0.331. The molecule has 8 heteroatoms. The highest BCUT2D eigenvalue weighted by atomic mass is 32.2. The van der Waals surface area contributed by atoms with Crippen LogP contribution in [0.5, 0.6) is 0 Å². The van der Waals surface area contributed by atoms with E-state index in [2.05, 4.69) is 0 Å². The first kappa shape index (κ1) is 14.7. The van der Waals surface area contributed by atoms with Crippen LogP contribution in [0.15, 0.2) is 0 Å². The topological polar surface area (TPSA) is 81.9 Å². The van der Waals surface area contributed by atoms with E-state index in [9.17, 15) is 9.59 Å². The molecule has 1 radical (unpaired) electrons. The molecule has 2 N–H and O–H groups in total. The molecule has 3 unspecified atom stereocenters. The van der Waals surface area contributed by atoms with Crippen LogP contribution in [0.25, 0.3) is 0 Å². The summed E-state index contributed by atoms with van der Waals surface area (Å²) < 4.78 is 9.80. The number of hydrogen-bond acceptors (Lipinski definition) is 6. The maximum absolute atomic E-state index is 12.4. The minimum absolute atomic E-state index is 0.0166. The van der Waals surface area contributed by atoms with Crippen molar-refractivity contribution >= 4 is 31.1 Å². The van der Waals surface area contributed by atoms with Gasteiger partial charge in [0.1, 0.15) is 0 Å². The summed E-state index contributed by atoms with van der Waals surface area (Å²) in [6.07, 6.45) is 0.675. The summed E-state index contributed by atoms with van der Waals surface area (Å²) in [7, 11) is 2.85. The highest BCUT2D eigenvalue weighted by Gasteiger charge is 2.52. The van der Waals surface area contributed by atoms with Crippen LogP contribution in [0.2, 0.25) is 5.82 Å². The number of nitrogens with zero attached hydrogens (tertiary/aromatic N) is 1. The second-order valence-corrected chi connectivity index (χ2v) is 5.74. The molecule has 19 heavy (non-hydrogen) atoms. The lowest BCUT2D eigenvalue weighted by Gasteiger charge is -2.21. The zero-order valence-electron chi connectivity index (χ0n) is 10.9. The minimum Gasteiger partial charge on any atom is -0.469 e. The van der Waals surface area contributed by atoms with E-state index in [-0.39, 0.29) is 30.4 Å². The fourth-order valence-corrected chi connectivity index (χ4v) is 3.29. The number of methoxy groups -OCH3 is 1. The van der Waals surface area contributed by atoms with E-state index >= 15 is 0 Å². The number of carbonyl (C=O) groups is 2. The maximum Gasteiger partial charge on any atom is 0.308 e. The van der Waals surface area contributed by atoms with Crippen molar-refractivity contribution in [1.82, 2.24) is 4.90 Å². The first-order valence-electron chi connectivity index (χ1n) is 6.28. The van der Waals surface area contributed by atoms with Crippen LogP contribution in [0.1, 0.15) is 6.42 Å². The normalized spacial score (nSPS) is 26.9. The van der Waals surface area contributed by atoms with E-state index in [1.807, 2.05) is 0 Å². The summed E-state index contributed by atoms with van der Waals surface area (Å²) in [6.45, 7) is 0.792. The number of rotatable bonds is 6. The number of thioether (sulfide) groups is 1. The molecule has 6 nitrogen and oxygen atoms in total. The highest BCUT2D eigenvalue weighted by Crippen LogP contribution is 2.48. The Morgan fingerprint density at radius 1 is 1.58 bits per heavy atom. The Morgan fingerprint density at radius 2 is 2.37 bits per heavy atom. The summed E-state index contributed by atoms with van der Waals surface area (Å²) in [5.41, 5.74) is 5.30. The lowest BCUT2D eigenvalue weighted by atomic mass is 9.74. The summed E-state index contributed by atoms with van der Waals surface area (Å²) in [5.74, 6) is 0.841. The molecule has 0 bridgehead atoms. The molecule has 105 valence electrons. The van der Waals surface area contributed by atoms with Crippen molar-refractivity contribution in [3.05, 3.63) is 0 Å². The van der Waals surface area contributed by atoms with Crippen LogP contribution in [-0.4, -0.2) is 56.3 Å². The van der Waals surface area contributed by atoms with Gasteiger partial charge in [0.2, 0.25) is 5.91 Å². The molecule has 3 atom stereocenters. The largest absolute Gasteiger partial charge is 0.469 e. The molecule has 1 saturated carbocycles. The Bertz CT molecular complexity index is 352. The molecule has 1 aliphatic carbocycles. The zero-order chi connectivity index (χ0) is 13.8.